The molecular formula is C15H14N2O5. The van der Waals surface area contributed by atoms with Crippen molar-refractivity contribution in [2.75, 3.05) is 0 Å². The minimum absolute atomic E-state index is 0.0252. The van der Waals surface area contributed by atoms with Crippen molar-refractivity contribution in [2.24, 2.45) is 5.73 Å². The zero-order chi connectivity index (χ0) is 16.1. The maximum absolute atomic E-state index is 11.9. The molecule has 0 aliphatic rings. The molecule has 22 heavy (non-hydrogen) atoms. The Bertz CT molecular complexity index is 667. The van der Waals surface area contributed by atoms with Crippen LogP contribution in [-0.2, 0) is 16.1 Å². The molecular weight excluding hydrogens is 288 g/mol. The maximum atomic E-state index is 11.9. The highest BCUT2D eigenvalue weighted by Crippen LogP contribution is 2.17. The van der Waals surface area contributed by atoms with E-state index in [0.29, 0.717) is 11.1 Å². The van der Waals surface area contributed by atoms with Gasteiger partial charge in [-0.1, -0.05) is 12.1 Å². The number of esters is 1. The number of hydrogen-bond acceptors (Lipinski definition) is 6. The summed E-state index contributed by atoms with van der Waals surface area (Å²) >= 11 is 0. The van der Waals surface area contributed by atoms with Crippen LogP contribution in [0.4, 0.5) is 5.69 Å². The van der Waals surface area contributed by atoms with Gasteiger partial charge in [-0.25, -0.2) is 4.79 Å². The fourth-order valence-corrected chi connectivity index (χ4v) is 1.78. The van der Waals surface area contributed by atoms with Gasteiger partial charge in [0.2, 0.25) is 0 Å². The van der Waals surface area contributed by atoms with Crippen molar-refractivity contribution in [1.82, 2.24) is 0 Å². The van der Waals surface area contributed by atoms with E-state index in [2.05, 4.69) is 0 Å². The van der Waals surface area contributed by atoms with E-state index >= 15 is 0 Å². The highest BCUT2D eigenvalue weighted by molar-refractivity contribution is 5.77. The first-order valence-corrected chi connectivity index (χ1v) is 6.42. The summed E-state index contributed by atoms with van der Waals surface area (Å²) in [6.45, 7) is -0.0252. The first-order chi connectivity index (χ1) is 10.5. The first-order valence-electron chi connectivity index (χ1n) is 6.42. The topological polar surface area (TPSA) is 116 Å². The SMILES string of the molecule is NC(C(=O)OCc1ccc([N+](=O)[O-])cc1)c1ccc(O)cc1. The summed E-state index contributed by atoms with van der Waals surface area (Å²) < 4.78 is 5.08. The van der Waals surface area contributed by atoms with Crippen LogP contribution in [0.1, 0.15) is 17.2 Å². The Morgan fingerprint density at radius 1 is 1.18 bits per heavy atom. The minimum atomic E-state index is -0.960. The molecule has 1 atom stereocenters. The van der Waals surface area contributed by atoms with Crippen LogP contribution in [0.15, 0.2) is 48.5 Å². The van der Waals surface area contributed by atoms with Crippen molar-refractivity contribution < 1.29 is 19.6 Å². The van der Waals surface area contributed by atoms with Crippen LogP contribution in [0.2, 0.25) is 0 Å². The van der Waals surface area contributed by atoms with Crippen molar-refractivity contribution in [3.63, 3.8) is 0 Å². The van der Waals surface area contributed by atoms with E-state index in [1.54, 1.807) is 0 Å². The van der Waals surface area contributed by atoms with Crippen LogP contribution in [0, 0.1) is 10.1 Å². The molecule has 0 aliphatic heterocycles. The van der Waals surface area contributed by atoms with E-state index in [0.717, 1.165) is 0 Å². The number of phenols is 1. The fraction of sp³-hybridized carbons (Fsp3) is 0.133. The third kappa shape index (κ3) is 3.80. The van der Waals surface area contributed by atoms with Crippen molar-refractivity contribution >= 4 is 11.7 Å². The quantitative estimate of drug-likeness (QED) is 0.496. The van der Waals surface area contributed by atoms with Gasteiger partial charge in [0.25, 0.3) is 5.69 Å². The molecule has 2 aromatic carbocycles. The third-order valence-corrected chi connectivity index (χ3v) is 3.03. The van der Waals surface area contributed by atoms with Gasteiger partial charge in [0.1, 0.15) is 18.4 Å². The van der Waals surface area contributed by atoms with Crippen molar-refractivity contribution in [3.05, 3.63) is 69.8 Å². The molecule has 7 nitrogen and oxygen atoms in total. The Hall–Kier alpha value is -2.93. The summed E-state index contributed by atoms with van der Waals surface area (Å²) in [6, 6.07) is 10.7. The molecule has 1 unspecified atom stereocenters. The van der Waals surface area contributed by atoms with Gasteiger partial charge in [-0.05, 0) is 35.4 Å². The van der Waals surface area contributed by atoms with Crippen LogP contribution in [-0.4, -0.2) is 16.0 Å². The van der Waals surface area contributed by atoms with Crippen molar-refractivity contribution in [2.45, 2.75) is 12.6 Å². The van der Waals surface area contributed by atoms with Crippen LogP contribution in [0.25, 0.3) is 0 Å². The number of rotatable bonds is 5. The van der Waals surface area contributed by atoms with Gasteiger partial charge in [0, 0.05) is 12.1 Å². The number of hydrogen-bond donors (Lipinski definition) is 2. The number of carbonyl (C=O) groups is 1. The van der Waals surface area contributed by atoms with Crippen LogP contribution in [0.3, 0.4) is 0 Å². The average Bonchev–Trinajstić information content (AvgIpc) is 2.53. The largest absolute Gasteiger partial charge is 0.508 e. The number of nitrogens with zero attached hydrogens (tertiary/aromatic N) is 1. The molecule has 2 aromatic rings. The zero-order valence-electron chi connectivity index (χ0n) is 11.5. The summed E-state index contributed by atoms with van der Waals surface area (Å²) in [5, 5.41) is 19.7. The molecule has 7 heteroatoms. The third-order valence-electron chi connectivity index (χ3n) is 3.03. The second-order valence-corrected chi connectivity index (χ2v) is 4.60. The number of nitro benzene ring substituents is 1. The van der Waals surface area contributed by atoms with Crippen LogP contribution in [0.5, 0.6) is 5.75 Å². The lowest BCUT2D eigenvalue weighted by molar-refractivity contribution is -0.384. The number of non-ortho nitro benzene ring substituents is 1. The van der Waals surface area contributed by atoms with E-state index in [-0.39, 0.29) is 18.0 Å². The molecule has 0 amide bonds. The number of nitro groups is 1. The fourth-order valence-electron chi connectivity index (χ4n) is 1.78. The molecule has 0 saturated heterocycles. The molecule has 0 radical (unpaired) electrons. The molecule has 3 N–H and O–H groups in total. The van der Waals surface area contributed by atoms with Gasteiger partial charge < -0.3 is 15.6 Å². The maximum Gasteiger partial charge on any atom is 0.327 e. The van der Waals surface area contributed by atoms with Gasteiger partial charge in [-0.3, -0.25) is 10.1 Å². The monoisotopic (exact) mass is 302 g/mol. The summed E-state index contributed by atoms with van der Waals surface area (Å²) in [5.74, 6) is -0.542. The summed E-state index contributed by atoms with van der Waals surface area (Å²) in [5.41, 5.74) is 6.88. The molecule has 0 heterocycles. The smallest absolute Gasteiger partial charge is 0.327 e. The standard InChI is InChI=1S/C15H14N2O5/c16-14(11-3-7-13(18)8-4-11)15(19)22-9-10-1-5-12(6-2-10)17(20)21/h1-8,14,18H,9,16H2. The normalized spacial score (nSPS) is 11.7. The summed E-state index contributed by atoms with van der Waals surface area (Å²) in [7, 11) is 0. The van der Waals surface area contributed by atoms with E-state index < -0.39 is 16.9 Å². The Morgan fingerprint density at radius 3 is 2.32 bits per heavy atom. The van der Waals surface area contributed by atoms with Gasteiger partial charge in [-0.2, -0.15) is 0 Å². The lowest BCUT2D eigenvalue weighted by atomic mass is 10.1. The molecule has 0 bridgehead atoms. The van der Waals surface area contributed by atoms with Crippen molar-refractivity contribution in [1.29, 1.82) is 0 Å². The summed E-state index contributed by atoms with van der Waals surface area (Å²) in [4.78, 5) is 21.9. The second kappa shape index (κ2) is 6.68. The molecule has 0 aromatic heterocycles. The number of phenolic OH excluding ortho intramolecular Hbond substituents is 1. The number of aromatic hydroxyl groups is 1. The molecule has 2 rings (SSSR count). The molecule has 0 spiro atoms. The number of ether oxygens (including phenoxy) is 1. The predicted octanol–water partition coefficient (Wildman–Crippen LogP) is 2.04. The summed E-state index contributed by atoms with van der Waals surface area (Å²) in [6.07, 6.45) is 0. The molecule has 0 fully saturated rings. The number of carbonyl (C=O) groups excluding carboxylic acids is 1. The second-order valence-electron chi connectivity index (χ2n) is 4.60. The van der Waals surface area contributed by atoms with Gasteiger partial charge >= 0.3 is 5.97 Å². The predicted molar refractivity (Wildman–Crippen MR) is 77.9 cm³/mol. The van der Waals surface area contributed by atoms with Gasteiger partial charge in [0.05, 0.1) is 4.92 Å². The van der Waals surface area contributed by atoms with E-state index in [4.69, 9.17) is 10.5 Å². The lowest BCUT2D eigenvalue weighted by Crippen LogP contribution is -2.23. The van der Waals surface area contributed by atoms with E-state index in [1.165, 1.54) is 48.5 Å². The molecule has 114 valence electrons. The van der Waals surface area contributed by atoms with Gasteiger partial charge in [-0.15, -0.1) is 0 Å². The van der Waals surface area contributed by atoms with Crippen LogP contribution < -0.4 is 5.73 Å². The lowest BCUT2D eigenvalue weighted by Gasteiger charge is -2.12. The Labute approximate surface area is 126 Å². The average molecular weight is 302 g/mol. The number of nitrogens with two attached hydrogens (primary N) is 1. The molecule has 0 saturated carbocycles. The van der Waals surface area contributed by atoms with E-state index in [1.807, 2.05) is 0 Å². The first kappa shape index (κ1) is 15.5. The highest BCUT2D eigenvalue weighted by atomic mass is 16.6. The number of benzene rings is 2. The minimum Gasteiger partial charge on any atom is -0.508 e. The Balaban J connectivity index is 1.94. The Kier molecular flexibility index (Phi) is 4.70. The Morgan fingerprint density at radius 2 is 1.77 bits per heavy atom. The molecule has 0 aliphatic carbocycles. The zero-order valence-corrected chi connectivity index (χ0v) is 11.5. The van der Waals surface area contributed by atoms with E-state index in [9.17, 15) is 20.0 Å². The highest BCUT2D eigenvalue weighted by Gasteiger charge is 2.17. The van der Waals surface area contributed by atoms with Gasteiger partial charge in [0.15, 0.2) is 0 Å². The van der Waals surface area contributed by atoms with Crippen molar-refractivity contribution in [3.8, 4) is 5.75 Å². The van der Waals surface area contributed by atoms with Crippen LogP contribution >= 0.6 is 0 Å².